The van der Waals surface area contributed by atoms with Gasteiger partial charge in [-0.05, 0) is 63.4 Å². The zero-order valence-corrected chi connectivity index (χ0v) is 12.4. The summed E-state index contributed by atoms with van der Waals surface area (Å²) in [7, 11) is 0. The fraction of sp³-hybridized carbons (Fsp3) is 0.600. The Balaban J connectivity index is 2.14. The van der Waals surface area contributed by atoms with Gasteiger partial charge in [0.2, 0.25) is 0 Å². The molecule has 0 bridgehead atoms. The third-order valence-corrected chi connectivity index (χ3v) is 3.31. The van der Waals surface area contributed by atoms with Crippen LogP contribution >= 0.6 is 11.6 Å². The maximum absolute atomic E-state index is 5.90. The molecule has 1 rings (SSSR count). The quantitative estimate of drug-likeness (QED) is 0.715. The summed E-state index contributed by atoms with van der Waals surface area (Å²) in [5.41, 5.74) is 1.10. The van der Waals surface area contributed by atoms with Crippen molar-refractivity contribution in [2.45, 2.75) is 46.1 Å². The Hall–Kier alpha value is -0.730. The largest absolute Gasteiger partial charge is 0.493 e. The summed E-state index contributed by atoms with van der Waals surface area (Å²) < 4.78 is 5.74. The Morgan fingerprint density at radius 3 is 2.78 bits per heavy atom. The van der Waals surface area contributed by atoms with Crippen molar-refractivity contribution in [3.8, 4) is 5.75 Å². The number of ether oxygens (including phenoxy) is 1. The van der Waals surface area contributed by atoms with Gasteiger partial charge < -0.3 is 10.1 Å². The third-order valence-electron chi connectivity index (χ3n) is 3.07. The molecule has 0 amide bonds. The number of hydrogen-bond donors (Lipinski definition) is 1. The van der Waals surface area contributed by atoms with Gasteiger partial charge in [-0.3, -0.25) is 0 Å². The molecule has 1 aromatic carbocycles. The summed E-state index contributed by atoms with van der Waals surface area (Å²) >= 11 is 5.90. The average Bonchev–Trinajstić information content (AvgIpc) is 2.35. The second kappa shape index (κ2) is 8.39. The smallest absolute Gasteiger partial charge is 0.122 e. The first-order chi connectivity index (χ1) is 8.63. The molecule has 0 heterocycles. The molecule has 0 spiro atoms. The molecule has 0 radical (unpaired) electrons. The van der Waals surface area contributed by atoms with Crippen LogP contribution in [-0.4, -0.2) is 19.2 Å². The lowest BCUT2D eigenvalue weighted by Gasteiger charge is -2.12. The molecule has 102 valence electrons. The van der Waals surface area contributed by atoms with Crippen molar-refractivity contribution >= 4 is 11.6 Å². The van der Waals surface area contributed by atoms with Crippen LogP contribution in [-0.2, 0) is 0 Å². The predicted octanol–water partition coefficient (Wildman–Crippen LogP) is 4.20. The summed E-state index contributed by atoms with van der Waals surface area (Å²) in [5, 5.41) is 4.24. The number of unbranched alkanes of at least 4 members (excludes halogenated alkanes) is 1. The molecule has 0 saturated heterocycles. The zero-order valence-electron chi connectivity index (χ0n) is 11.6. The molecule has 0 unspecified atom stereocenters. The van der Waals surface area contributed by atoms with E-state index in [0.29, 0.717) is 6.04 Å². The van der Waals surface area contributed by atoms with Gasteiger partial charge in [-0.1, -0.05) is 18.5 Å². The molecule has 0 aliphatic carbocycles. The molecule has 1 atom stereocenters. The van der Waals surface area contributed by atoms with Crippen molar-refractivity contribution in [1.82, 2.24) is 5.32 Å². The number of aryl methyl sites for hydroxylation is 1. The van der Waals surface area contributed by atoms with Crippen molar-refractivity contribution in [2.75, 3.05) is 13.2 Å². The number of rotatable bonds is 8. The number of halogens is 1. The average molecular weight is 270 g/mol. The molecular formula is C15H24ClNO. The lowest BCUT2D eigenvalue weighted by molar-refractivity contribution is 0.302. The van der Waals surface area contributed by atoms with E-state index in [9.17, 15) is 0 Å². The molecule has 3 heteroatoms. The third kappa shape index (κ3) is 5.74. The predicted molar refractivity (Wildman–Crippen MR) is 78.7 cm³/mol. The van der Waals surface area contributed by atoms with Crippen LogP contribution in [0.25, 0.3) is 0 Å². The lowest BCUT2D eigenvalue weighted by atomic mass is 10.2. The first-order valence-electron chi connectivity index (χ1n) is 6.75. The SMILES string of the molecule is CC[C@@H](C)NCCCCOc1ccc(Cl)cc1C. The molecule has 0 saturated carbocycles. The van der Waals surface area contributed by atoms with Gasteiger partial charge in [-0.25, -0.2) is 0 Å². The Labute approximate surface area is 116 Å². The monoisotopic (exact) mass is 269 g/mol. The Morgan fingerprint density at radius 2 is 2.11 bits per heavy atom. The second-order valence-electron chi connectivity index (χ2n) is 4.73. The molecule has 1 aromatic rings. The van der Waals surface area contributed by atoms with E-state index >= 15 is 0 Å². The summed E-state index contributed by atoms with van der Waals surface area (Å²) in [6.07, 6.45) is 3.41. The highest BCUT2D eigenvalue weighted by Gasteiger charge is 2.00. The fourth-order valence-corrected chi connectivity index (χ4v) is 1.90. The van der Waals surface area contributed by atoms with E-state index in [4.69, 9.17) is 16.3 Å². The first kappa shape index (κ1) is 15.3. The Kier molecular flexibility index (Phi) is 7.14. The molecule has 18 heavy (non-hydrogen) atoms. The number of nitrogens with one attached hydrogen (secondary N) is 1. The lowest BCUT2D eigenvalue weighted by Crippen LogP contribution is -2.26. The van der Waals surface area contributed by atoms with Crippen LogP contribution in [0.2, 0.25) is 5.02 Å². The highest BCUT2D eigenvalue weighted by atomic mass is 35.5. The van der Waals surface area contributed by atoms with Gasteiger partial charge in [-0.15, -0.1) is 0 Å². The Morgan fingerprint density at radius 1 is 1.33 bits per heavy atom. The van der Waals surface area contributed by atoms with Crippen molar-refractivity contribution in [3.63, 3.8) is 0 Å². The van der Waals surface area contributed by atoms with Gasteiger partial charge in [0.1, 0.15) is 5.75 Å². The fourth-order valence-electron chi connectivity index (χ4n) is 1.68. The van der Waals surface area contributed by atoms with Crippen molar-refractivity contribution < 1.29 is 4.74 Å². The van der Waals surface area contributed by atoms with E-state index < -0.39 is 0 Å². The van der Waals surface area contributed by atoms with Crippen molar-refractivity contribution in [2.24, 2.45) is 0 Å². The van der Waals surface area contributed by atoms with E-state index in [1.165, 1.54) is 6.42 Å². The van der Waals surface area contributed by atoms with E-state index in [1.807, 2.05) is 25.1 Å². The van der Waals surface area contributed by atoms with Gasteiger partial charge in [0, 0.05) is 11.1 Å². The van der Waals surface area contributed by atoms with Crippen LogP contribution in [0.4, 0.5) is 0 Å². The highest BCUT2D eigenvalue weighted by molar-refractivity contribution is 6.30. The minimum atomic E-state index is 0.615. The van der Waals surface area contributed by atoms with Gasteiger partial charge in [0.25, 0.3) is 0 Å². The van der Waals surface area contributed by atoms with Crippen molar-refractivity contribution in [1.29, 1.82) is 0 Å². The molecule has 1 N–H and O–H groups in total. The summed E-state index contributed by atoms with van der Waals surface area (Å²) in [6.45, 7) is 8.27. The van der Waals surface area contributed by atoms with Gasteiger partial charge in [0.15, 0.2) is 0 Å². The summed E-state index contributed by atoms with van der Waals surface area (Å²) in [5.74, 6) is 0.939. The van der Waals surface area contributed by atoms with E-state index in [1.54, 1.807) is 0 Å². The molecule has 0 aliphatic rings. The standard InChI is InChI=1S/C15H24ClNO/c1-4-13(3)17-9-5-6-10-18-15-8-7-14(16)11-12(15)2/h7-8,11,13,17H,4-6,9-10H2,1-3H3/t13-/m1/s1. The maximum atomic E-state index is 5.90. The van der Waals surface area contributed by atoms with E-state index in [2.05, 4.69) is 19.2 Å². The highest BCUT2D eigenvalue weighted by Crippen LogP contribution is 2.21. The van der Waals surface area contributed by atoms with Crippen LogP contribution in [0.1, 0.15) is 38.7 Å². The topological polar surface area (TPSA) is 21.3 Å². The molecule has 2 nitrogen and oxygen atoms in total. The normalized spacial score (nSPS) is 12.4. The van der Waals surface area contributed by atoms with Crippen LogP contribution in [0.5, 0.6) is 5.75 Å². The summed E-state index contributed by atoms with van der Waals surface area (Å²) in [4.78, 5) is 0. The second-order valence-corrected chi connectivity index (χ2v) is 5.17. The van der Waals surface area contributed by atoms with E-state index in [-0.39, 0.29) is 0 Å². The maximum Gasteiger partial charge on any atom is 0.122 e. The zero-order chi connectivity index (χ0) is 13.4. The number of hydrogen-bond acceptors (Lipinski definition) is 2. The van der Waals surface area contributed by atoms with Crippen LogP contribution in [0, 0.1) is 6.92 Å². The first-order valence-corrected chi connectivity index (χ1v) is 7.13. The van der Waals surface area contributed by atoms with Crippen molar-refractivity contribution in [3.05, 3.63) is 28.8 Å². The minimum Gasteiger partial charge on any atom is -0.493 e. The molecule has 0 fully saturated rings. The van der Waals surface area contributed by atoms with Gasteiger partial charge in [0.05, 0.1) is 6.61 Å². The van der Waals surface area contributed by atoms with Crippen LogP contribution in [0.15, 0.2) is 18.2 Å². The number of benzene rings is 1. The minimum absolute atomic E-state index is 0.615. The van der Waals surface area contributed by atoms with Gasteiger partial charge >= 0.3 is 0 Å². The van der Waals surface area contributed by atoms with Crippen LogP contribution < -0.4 is 10.1 Å². The molecule has 0 aliphatic heterocycles. The summed E-state index contributed by atoms with van der Waals surface area (Å²) in [6, 6.07) is 6.36. The molecular weight excluding hydrogens is 246 g/mol. The van der Waals surface area contributed by atoms with E-state index in [0.717, 1.165) is 42.3 Å². The van der Waals surface area contributed by atoms with Crippen LogP contribution in [0.3, 0.4) is 0 Å². The Bertz CT molecular complexity index is 354. The molecule has 0 aromatic heterocycles. The van der Waals surface area contributed by atoms with Gasteiger partial charge in [-0.2, -0.15) is 0 Å².